The summed E-state index contributed by atoms with van der Waals surface area (Å²) >= 11 is 1.56. The van der Waals surface area contributed by atoms with Gasteiger partial charge in [0.25, 0.3) is 5.91 Å². The van der Waals surface area contributed by atoms with Crippen molar-refractivity contribution in [1.82, 2.24) is 19.9 Å². The summed E-state index contributed by atoms with van der Waals surface area (Å²) in [4.78, 5) is 27.7. The van der Waals surface area contributed by atoms with Crippen molar-refractivity contribution in [3.05, 3.63) is 89.3 Å². The van der Waals surface area contributed by atoms with Crippen LogP contribution in [0.4, 0.5) is 4.39 Å². The summed E-state index contributed by atoms with van der Waals surface area (Å²) in [6, 6.07) is 13.0. The Morgan fingerprint density at radius 1 is 1.22 bits per heavy atom. The second-order valence-corrected chi connectivity index (χ2v) is 8.81. The van der Waals surface area contributed by atoms with E-state index in [1.54, 1.807) is 35.0 Å². The van der Waals surface area contributed by atoms with E-state index >= 15 is 0 Å². The molecule has 4 rings (SSSR count). The summed E-state index contributed by atoms with van der Waals surface area (Å²) in [6.07, 6.45) is 8.46. The Kier molecular flexibility index (Phi) is 7.27. The zero-order valence-corrected chi connectivity index (χ0v) is 18.8. The van der Waals surface area contributed by atoms with Gasteiger partial charge in [0.05, 0.1) is 5.69 Å². The third kappa shape index (κ3) is 5.59. The zero-order chi connectivity index (χ0) is 22.3. The molecule has 3 heterocycles. The molecular weight excluding hydrogens is 423 g/mol. The number of halogens is 1. The van der Waals surface area contributed by atoms with Crippen LogP contribution in [0.3, 0.4) is 0 Å². The van der Waals surface area contributed by atoms with Gasteiger partial charge in [-0.15, -0.1) is 0 Å². The third-order valence-electron chi connectivity index (χ3n) is 5.47. The van der Waals surface area contributed by atoms with Crippen molar-refractivity contribution in [1.29, 1.82) is 0 Å². The summed E-state index contributed by atoms with van der Waals surface area (Å²) in [5, 5.41) is 0.702. The summed E-state index contributed by atoms with van der Waals surface area (Å²) < 4.78 is 14.6. The summed E-state index contributed by atoms with van der Waals surface area (Å²) in [5.74, 6) is -0.487. The molecule has 1 unspecified atom stereocenters. The standard InChI is InChI=1S/C25H25FN4OS/c1-18-14-28-25(32-17-20-9-5-11-27-15-20)29-23(18)21-10-6-12-30(16-21)24(31)22(26)13-19-7-3-2-4-8-19/h2-5,7-9,11,13-15,21H,6,10,12,16-17H2,1H3. The molecule has 0 N–H and O–H groups in total. The number of thioether (sulfide) groups is 1. The molecule has 32 heavy (non-hydrogen) atoms. The van der Waals surface area contributed by atoms with Gasteiger partial charge in [-0.05, 0) is 48.6 Å². The molecule has 0 bridgehead atoms. The second kappa shape index (κ2) is 10.5. The maximum atomic E-state index is 14.6. The summed E-state index contributed by atoms with van der Waals surface area (Å²) in [5.41, 5.74) is 3.72. The van der Waals surface area contributed by atoms with Crippen molar-refractivity contribution in [2.24, 2.45) is 0 Å². The topological polar surface area (TPSA) is 59.0 Å². The fourth-order valence-corrected chi connectivity index (χ4v) is 4.60. The van der Waals surface area contributed by atoms with Gasteiger partial charge < -0.3 is 4.90 Å². The summed E-state index contributed by atoms with van der Waals surface area (Å²) in [7, 11) is 0. The van der Waals surface area contributed by atoms with Crippen LogP contribution in [0.15, 0.2) is 72.0 Å². The molecule has 5 nitrogen and oxygen atoms in total. The van der Waals surface area contributed by atoms with Crippen molar-refractivity contribution in [2.75, 3.05) is 13.1 Å². The lowest BCUT2D eigenvalue weighted by atomic mass is 9.92. The molecule has 1 aliphatic heterocycles. The van der Waals surface area contributed by atoms with Gasteiger partial charge >= 0.3 is 0 Å². The van der Waals surface area contributed by atoms with Crippen molar-refractivity contribution in [3.8, 4) is 0 Å². The van der Waals surface area contributed by atoms with Gasteiger partial charge in [0.15, 0.2) is 11.0 Å². The molecule has 7 heteroatoms. The van der Waals surface area contributed by atoms with Crippen LogP contribution < -0.4 is 0 Å². The molecule has 0 spiro atoms. The molecule has 3 aromatic rings. The number of pyridine rings is 1. The lowest BCUT2D eigenvalue weighted by Gasteiger charge is -2.32. The normalized spacial score (nSPS) is 16.8. The number of aromatic nitrogens is 3. The highest BCUT2D eigenvalue weighted by Gasteiger charge is 2.28. The fraction of sp³-hybridized carbons (Fsp3) is 0.280. The minimum absolute atomic E-state index is 0.0676. The van der Waals surface area contributed by atoms with Crippen LogP contribution >= 0.6 is 11.8 Å². The molecule has 1 aromatic carbocycles. The number of nitrogens with zero attached hydrogens (tertiary/aromatic N) is 4. The highest BCUT2D eigenvalue weighted by Crippen LogP contribution is 2.30. The molecule has 1 fully saturated rings. The minimum Gasteiger partial charge on any atom is -0.336 e. The average Bonchev–Trinajstić information content (AvgIpc) is 2.84. The maximum absolute atomic E-state index is 14.6. The smallest absolute Gasteiger partial charge is 0.282 e. The van der Waals surface area contributed by atoms with Gasteiger partial charge in [-0.3, -0.25) is 9.78 Å². The first-order valence-corrected chi connectivity index (χ1v) is 11.7. The van der Waals surface area contributed by atoms with E-state index in [9.17, 15) is 9.18 Å². The minimum atomic E-state index is -0.732. The van der Waals surface area contributed by atoms with E-state index in [1.165, 1.54) is 6.08 Å². The van der Waals surface area contributed by atoms with Gasteiger partial charge in [-0.25, -0.2) is 14.4 Å². The highest BCUT2D eigenvalue weighted by atomic mass is 32.2. The third-order valence-corrected chi connectivity index (χ3v) is 6.40. The average molecular weight is 449 g/mol. The fourth-order valence-electron chi connectivity index (χ4n) is 3.85. The molecule has 0 saturated carbocycles. The lowest BCUT2D eigenvalue weighted by Crippen LogP contribution is -2.39. The Bertz CT molecular complexity index is 1090. The number of rotatable bonds is 6. The number of hydrogen-bond donors (Lipinski definition) is 0. The Labute approximate surface area is 191 Å². The highest BCUT2D eigenvalue weighted by molar-refractivity contribution is 7.98. The number of hydrogen-bond acceptors (Lipinski definition) is 5. The quantitative estimate of drug-likeness (QED) is 0.295. The number of piperidine rings is 1. The van der Waals surface area contributed by atoms with E-state index in [4.69, 9.17) is 4.98 Å². The Morgan fingerprint density at radius 2 is 2.06 bits per heavy atom. The van der Waals surface area contributed by atoms with E-state index in [0.717, 1.165) is 35.4 Å². The molecular formula is C25H25FN4OS. The van der Waals surface area contributed by atoms with E-state index < -0.39 is 11.7 Å². The SMILES string of the molecule is Cc1cnc(SCc2cccnc2)nc1C1CCCN(C(=O)C(F)=Cc2ccccc2)C1. The molecule has 164 valence electrons. The number of aryl methyl sites for hydroxylation is 1. The summed E-state index contributed by atoms with van der Waals surface area (Å²) in [6.45, 7) is 3.00. The van der Waals surface area contributed by atoms with Gasteiger partial charge in [-0.1, -0.05) is 48.2 Å². The van der Waals surface area contributed by atoms with E-state index in [0.29, 0.717) is 23.8 Å². The number of likely N-dealkylation sites (tertiary alicyclic amines) is 1. The molecule has 1 aliphatic rings. The Morgan fingerprint density at radius 3 is 2.84 bits per heavy atom. The van der Waals surface area contributed by atoms with E-state index in [-0.39, 0.29) is 5.92 Å². The van der Waals surface area contributed by atoms with Gasteiger partial charge in [0, 0.05) is 43.4 Å². The van der Waals surface area contributed by atoms with Gasteiger partial charge in [-0.2, -0.15) is 0 Å². The molecule has 1 saturated heterocycles. The molecule has 1 amide bonds. The van der Waals surface area contributed by atoms with Crippen molar-refractivity contribution < 1.29 is 9.18 Å². The maximum Gasteiger partial charge on any atom is 0.282 e. The number of amides is 1. The second-order valence-electron chi connectivity index (χ2n) is 7.86. The predicted octanol–water partition coefficient (Wildman–Crippen LogP) is 5.19. The first kappa shape index (κ1) is 22.1. The van der Waals surface area contributed by atoms with E-state index in [1.807, 2.05) is 49.6 Å². The lowest BCUT2D eigenvalue weighted by molar-refractivity contribution is -0.129. The Balaban J connectivity index is 1.45. The van der Waals surface area contributed by atoms with Crippen molar-refractivity contribution >= 4 is 23.7 Å². The van der Waals surface area contributed by atoms with Crippen molar-refractivity contribution in [3.63, 3.8) is 0 Å². The number of benzene rings is 1. The van der Waals surface area contributed by atoms with Gasteiger partial charge in [0.2, 0.25) is 0 Å². The number of carbonyl (C=O) groups excluding carboxylic acids is 1. The molecule has 0 radical (unpaired) electrons. The van der Waals surface area contributed by atoms with Crippen molar-refractivity contribution in [2.45, 2.75) is 36.6 Å². The van der Waals surface area contributed by atoms with E-state index in [2.05, 4.69) is 9.97 Å². The zero-order valence-electron chi connectivity index (χ0n) is 17.9. The van der Waals surface area contributed by atoms with Crippen LogP contribution in [0.1, 0.15) is 41.1 Å². The molecule has 2 aromatic heterocycles. The molecule has 0 aliphatic carbocycles. The van der Waals surface area contributed by atoms with Gasteiger partial charge in [0.1, 0.15) is 0 Å². The van der Waals surface area contributed by atoms with Crippen LogP contribution in [-0.4, -0.2) is 38.8 Å². The predicted molar refractivity (Wildman–Crippen MR) is 125 cm³/mol. The van der Waals surface area contributed by atoms with Crippen LogP contribution in [0, 0.1) is 6.92 Å². The van der Waals surface area contributed by atoms with Crippen LogP contribution in [0.5, 0.6) is 0 Å². The van der Waals surface area contributed by atoms with Crippen LogP contribution in [0.2, 0.25) is 0 Å². The largest absolute Gasteiger partial charge is 0.336 e. The van der Waals surface area contributed by atoms with Crippen LogP contribution in [0.25, 0.3) is 6.08 Å². The molecule has 1 atom stereocenters. The first-order chi connectivity index (χ1) is 15.6. The van der Waals surface area contributed by atoms with Crippen LogP contribution in [-0.2, 0) is 10.5 Å². The number of carbonyl (C=O) groups is 1. The first-order valence-electron chi connectivity index (χ1n) is 10.7. The Hall–Kier alpha value is -3.06. The monoisotopic (exact) mass is 448 g/mol.